The lowest BCUT2D eigenvalue weighted by Crippen LogP contribution is -2.47. The van der Waals surface area contributed by atoms with Crippen LogP contribution in [0.15, 0.2) is 79.0 Å². The van der Waals surface area contributed by atoms with Crippen molar-refractivity contribution in [3.05, 3.63) is 90.4 Å². The summed E-state index contributed by atoms with van der Waals surface area (Å²) in [5.41, 5.74) is -2.29. The topological polar surface area (TPSA) is 47.3 Å². The Labute approximate surface area is 168 Å². The van der Waals surface area contributed by atoms with E-state index in [1.54, 1.807) is 4.68 Å². The van der Waals surface area contributed by atoms with Gasteiger partial charge in [-0.3, -0.25) is 0 Å². The van der Waals surface area contributed by atoms with E-state index in [-0.39, 0.29) is 11.3 Å². The first kappa shape index (κ1) is 19.9. The number of aromatic nitrogens is 2. The maximum absolute atomic E-state index is 13.8. The summed E-state index contributed by atoms with van der Waals surface area (Å²) in [7, 11) is 0. The summed E-state index contributed by atoms with van der Waals surface area (Å²) >= 11 is 0. The van der Waals surface area contributed by atoms with Crippen molar-refractivity contribution in [1.82, 2.24) is 9.78 Å². The molecular weight excluding hydrogens is 400 g/mol. The molecular formula is C22H16F4N2O2. The van der Waals surface area contributed by atoms with Crippen LogP contribution in [0.4, 0.5) is 17.6 Å². The first-order valence-electron chi connectivity index (χ1n) is 8.99. The third kappa shape index (κ3) is 3.61. The van der Waals surface area contributed by atoms with Crippen LogP contribution in [0.5, 0.6) is 5.75 Å². The van der Waals surface area contributed by atoms with Crippen LogP contribution in [-0.2, 0) is 5.60 Å². The largest absolute Gasteiger partial charge is 0.490 e. The molecule has 1 heterocycles. The van der Waals surface area contributed by atoms with Crippen molar-refractivity contribution in [3.63, 3.8) is 0 Å². The van der Waals surface area contributed by atoms with Gasteiger partial charge in [-0.25, -0.2) is 9.07 Å². The number of fused-ring (bicyclic) bond motifs is 1. The molecule has 1 N–H and O–H groups in total. The number of hydrogen-bond acceptors (Lipinski definition) is 3. The summed E-state index contributed by atoms with van der Waals surface area (Å²) in [6.07, 6.45) is -3.57. The molecule has 0 aliphatic carbocycles. The van der Waals surface area contributed by atoms with Crippen LogP contribution in [0.25, 0.3) is 16.6 Å². The highest BCUT2D eigenvalue weighted by Gasteiger charge is 2.56. The van der Waals surface area contributed by atoms with Crippen molar-refractivity contribution in [2.24, 2.45) is 0 Å². The molecule has 0 saturated heterocycles. The number of halogens is 4. The Hall–Kier alpha value is -3.39. The van der Waals surface area contributed by atoms with Crippen molar-refractivity contribution < 1.29 is 27.4 Å². The van der Waals surface area contributed by atoms with E-state index in [1.807, 2.05) is 30.3 Å². The van der Waals surface area contributed by atoms with E-state index in [2.05, 4.69) is 5.10 Å². The van der Waals surface area contributed by atoms with Gasteiger partial charge in [0.2, 0.25) is 5.60 Å². The van der Waals surface area contributed by atoms with Gasteiger partial charge in [0.25, 0.3) is 0 Å². The molecule has 1 atom stereocenters. The Bertz CT molecular complexity index is 1160. The summed E-state index contributed by atoms with van der Waals surface area (Å²) in [5.74, 6) is -0.536. The lowest BCUT2D eigenvalue weighted by atomic mass is 9.93. The third-order valence-electron chi connectivity index (χ3n) is 4.78. The Morgan fingerprint density at radius 3 is 2.30 bits per heavy atom. The van der Waals surface area contributed by atoms with Crippen LogP contribution >= 0.6 is 0 Å². The SMILES string of the molecule is OC(COc1ccc(F)cc1)(c1ccc2c(cnn2-c2ccccc2)c1)C(F)(F)F. The molecule has 0 aliphatic rings. The summed E-state index contributed by atoms with van der Waals surface area (Å²) in [6, 6.07) is 17.6. The normalized spacial score (nSPS) is 13.9. The lowest BCUT2D eigenvalue weighted by Gasteiger charge is -2.30. The fraction of sp³-hybridized carbons (Fsp3) is 0.136. The molecule has 1 aromatic heterocycles. The van der Waals surface area contributed by atoms with Crippen molar-refractivity contribution in [3.8, 4) is 11.4 Å². The van der Waals surface area contributed by atoms with Crippen molar-refractivity contribution in [2.45, 2.75) is 11.8 Å². The molecule has 30 heavy (non-hydrogen) atoms. The number of benzene rings is 3. The van der Waals surface area contributed by atoms with Crippen LogP contribution in [0.3, 0.4) is 0 Å². The molecule has 8 heteroatoms. The van der Waals surface area contributed by atoms with Crippen LogP contribution in [0, 0.1) is 5.82 Å². The van der Waals surface area contributed by atoms with E-state index in [0.717, 1.165) is 17.8 Å². The first-order valence-corrected chi connectivity index (χ1v) is 8.99. The Kier molecular flexibility index (Phi) is 4.95. The molecule has 4 rings (SSSR count). The second-order valence-corrected chi connectivity index (χ2v) is 6.77. The third-order valence-corrected chi connectivity index (χ3v) is 4.78. The molecule has 4 nitrogen and oxygen atoms in total. The van der Waals surface area contributed by atoms with E-state index in [1.165, 1.54) is 36.5 Å². The molecule has 0 aliphatic heterocycles. The van der Waals surface area contributed by atoms with E-state index < -0.39 is 24.2 Å². The van der Waals surface area contributed by atoms with Crippen molar-refractivity contribution in [1.29, 1.82) is 0 Å². The van der Waals surface area contributed by atoms with Crippen molar-refractivity contribution >= 4 is 10.9 Å². The van der Waals surface area contributed by atoms with Gasteiger partial charge in [-0.15, -0.1) is 0 Å². The zero-order valence-electron chi connectivity index (χ0n) is 15.5. The van der Waals surface area contributed by atoms with E-state index >= 15 is 0 Å². The van der Waals surface area contributed by atoms with E-state index in [4.69, 9.17) is 4.74 Å². The van der Waals surface area contributed by atoms with Gasteiger partial charge in [0.05, 0.1) is 17.4 Å². The zero-order chi connectivity index (χ0) is 21.4. The number of nitrogens with zero attached hydrogens (tertiary/aromatic N) is 2. The van der Waals surface area contributed by atoms with Gasteiger partial charge in [-0.05, 0) is 54.1 Å². The summed E-state index contributed by atoms with van der Waals surface area (Å²) in [5, 5.41) is 15.2. The molecule has 0 spiro atoms. The molecule has 0 radical (unpaired) electrons. The Morgan fingerprint density at radius 2 is 1.63 bits per heavy atom. The quantitative estimate of drug-likeness (QED) is 0.466. The highest BCUT2D eigenvalue weighted by Crippen LogP contribution is 2.40. The molecule has 3 aromatic carbocycles. The number of ether oxygens (including phenoxy) is 1. The van der Waals surface area contributed by atoms with Gasteiger partial charge < -0.3 is 9.84 Å². The average Bonchev–Trinajstić information content (AvgIpc) is 3.16. The van der Waals surface area contributed by atoms with Gasteiger partial charge >= 0.3 is 6.18 Å². The number of aliphatic hydroxyl groups is 1. The second-order valence-electron chi connectivity index (χ2n) is 6.77. The minimum Gasteiger partial charge on any atom is -0.490 e. The number of hydrogen-bond donors (Lipinski definition) is 1. The summed E-state index contributed by atoms with van der Waals surface area (Å²) < 4.78 is 61.2. The number of rotatable bonds is 5. The van der Waals surface area contributed by atoms with Crippen LogP contribution in [0.1, 0.15) is 5.56 Å². The molecule has 0 fully saturated rings. The smallest absolute Gasteiger partial charge is 0.424 e. The van der Waals surface area contributed by atoms with Crippen LogP contribution < -0.4 is 4.74 Å². The zero-order valence-corrected chi connectivity index (χ0v) is 15.5. The molecule has 1 unspecified atom stereocenters. The van der Waals surface area contributed by atoms with E-state index in [0.29, 0.717) is 10.9 Å². The van der Waals surface area contributed by atoms with Crippen LogP contribution in [-0.4, -0.2) is 27.7 Å². The molecule has 0 amide bonds. The molecule has 0 bridgehead atoms. The first-order chi connectivity index (χ1) is 14.3. The highest BCUT2D eigenvalue weighted by molar-refractivity contribution is 5.81. The number of alkyl halides is 3. The summed E-state index contributed by atoms with van der Waals surface area (Å²) in [4.78, 5) is 0. The molecule has 4 aromatic rings. The fourth-order valence-corrected chi connectivity index (χ4v) is 3.11. The van der Waals surface area contributed by atoms with Crippen molar-refractivity contribution in [2.75, 3.05) is 6.61 Å². The average molecular weight is 416 g/mol. The lowest BCUT2D eigenvalue weighted by molar-refractivity contribution is -0.275. The number of para-hydroxylation sites is 1. The van der Waals surface area contributed by atoms with E-state index in [9.17, 15) is 22.7 Å². The maximum Gasteiger partial charge on any atom is 0.424 e. The maximum atomic E-state index is 13.8. The monoisotopic (exact) mass is 416 g/mol. The van der Waals surface area contributed by atoms with Gasteiger partial charge in [0.1, 0.15) is 18.2 Å². The van der Waals surface area contributed by atoms with Gasteiger partial charge in [-0.2, -0.15) is 18.3 Å². The fourth-order valence-electron chi connectivity index (χ4n) is 3.11. The van der Waals surface area contributed by atoms with Gasteiger partial charge in [-0.1, -0.05) is 24.3 Å². The Morgan fingerprint density at radius 1 is 0.933 bits per heavy atom. The predicted molar refractivity (Wildman–Crippen MR) is 103 cm³/mol. The second kappa shape index (κ2) is 7.46. The molecule has 0 saturated carbocycles. The van der Waals surface area contributed by atoms with Gasteiger partial charge in [0.15, 0.2) is 0 Å². The highest BCUT2D eigenvalue weighted by atomic mass is 19.4. The Balaban J connectivity index is 1.69. The minimum absolute atomic E-state index is 0.0112. The predicted octanol–water partition coefficient (Wildman–Crippen LogP) is 4.99. The van der Waals surface area contributed by atoms with Crippen LogP contribution in [0.2, 0.25) is 0 Å². The molecule has 154 valence electrons. The standard InChI is InChI=1S/C22H16F4N2O2/c23-17-7-9-19(10-8-17)30-14-21(29,22(24,25)26)16-6-11-20-15(12-16)13-27-28(20)18-4-2-1-3-5-18/h1-13,29H,14H2. The summed E-state index contributed by atoms with van der Waals surface area (Å²) in [6.45, 7) is -1.08. The van der Waals surface area contributed by atoms with Gasteiger partial charge in [0, 0.05) is 5.39 Å². The minimum atomic E-state index is -5.00.